The molecule has 0 bridgehead atoms. The van der Waals surface area contributed by atoms with Gasteiger partial charge in [0.1, 0.15) is 11.6 Å². The fourth-order valence-corrected chi connectivity index (χ4v) is 4.30. The summed E-state index contributed by atoms with van der Waals surface area (Å²) < 4.78 is 17.3. The van der Waals surface area contributed by atoms with Gasteiger partial charge in [0.25, 0.3) is 0 Å². The number of aromatic nitrogens is 2. The summed E-state index contributed by atoms with van der Waals surface area (Å²) in [6.45, 7) is 0. The predicted octanol–water partition coefficient (Wildman–Crippen LogP) is 5.63. The van der Waals surface area contributed by atoms with E-state index in [1.165, 1.54) is 18.0 Å². The van der Waals surface area contributed by atoms with Crippen LogP contribution >= 0.6 is 11.9 Å². The van der Waals surface area contributed by atoms with Crippen molar-refractivity contribution in [2.45, 2.75) is 17.2 Å². The molecule has 1 amide bonds. The lowest BCUT2D eigenvalue weighted by molar-refractivity contribution is -0.117. The Kier molecular flexibility index (Phi) is 5.26. The molecule has 154 valence electrons. The average molecular weight is 431 g/mol. The molecular weight excluding hydrogens is 411 g/mol. The van der Waals surface area contributed by atoms with Crippen molar-refractivity contribution in [1.82, 2.24) is 9.97 Å². The zero-order valence-electron chi connectivity index (χ0n) is 16.5. The minimum atomic E-state index is -0.301. The van der Waals surface area contributed by atoms with Crippen molar-refractivity contribution >= 4 is 40.1 Å². The summed E-state index contributed by atoms with van der Waals surface area (Å²) >= 11 is 1.18. The van der Waals surface area contributed by atoms with E-state index in [2.05, 4.69) is 20.0 Å². The average Bonchev–Trinajstić information content (AvgIpc) is 3.60. The minimum absolute atomic E-state index is 0.0106. The molecule has 1 fully saturated rings. The van der Waals surface area contributed by atoms with Crippen molar-refractivity contribution in [3.63, 3.8) is 0 Å². The maximum atomic E-state index is 14.3. The van der Waals surface area contributed by atoms with Gasteiger partial charge in [-0.15, -0.1) is 0 Å². The quantitative estimate of drug-likeness (QED) is 0.388. The summed E-state index contributed by atoms with van der Waals surface area (Å²) in [5, 5.41) is 5.07. The van der Waals surface area contributed by atoms with Crippen LogP contribution in [-0.2, 0) is 4.79 Å². The summed E-state index contributed by atoms with van der Waals surface area (Å²) in [4.78, 5) is 21.5. The van der Waals surface area contributed by atoms with Gasteiger partial charge in [-0.25, -0.2) is 9.37 Å². The Bertz CT molecular complexity index is 1250. The Balaban J connectivity index is 1.25. The van der Waals surface area contributed by atoms with Gasteiger partial charge >= 0.3 is 0 Å². The van der Waals surface area contributed by atoms with E-state index in [1.807, 2.05) is 48.5 Å². The summed E-state index contributed by atoms with van der Waals surface area (Å²) in [5.41, 5.74) is 1.74. The molecule has 1 saturated carbocycles. The van der Waals surface area contributed by atoms with Crippen LogP contribution in [0.2, 0.25) is 0 Å². The fraction of sp³-hybridized carbons (Fsp3) is 0.125. The lowest BCUT2D eigenvalue weighted by atomic mass is 10.1. The lowest BCUT2D eigenvalue weighted by Crippen LogP contribution is -2.14. The van der Waals surface area contributed by atoms with E-state index >= 15 is 0 Å². The standard InChI is InChI=1S/C24H19FN4OS/c25-21-7-5-16(12-22(21)31-29-23-3-1-2-9-27-23)19-13-20(19)24(30)28-18-6-4-17-14-26-10-8-15(17)11-18/h1-12,14,19-20H,13H2,(H,27,29)(H,28,30). The molecule has 5 rings (SSSR count). The van der Waals surface area contributed by atoms with Crippen molar-refractivity contribution in [3.8, 4) is 0 Å². The molecular formula is C24H19FN4OS. The second-order valence-electron chi connectivity index (χ2n) is 7.48. The van der Waals surface area contributed by atoms with Crippen molar-refractivity contribution < 1.29 is 9.18 Å². The number of hydrogen-bond acceptors (Lipinski definition) is 5. The van der Waals surface area contributed by atoms with Gasteiger partial charge in [-0.1, -0.05) is 18.2 Å². The maximum absolute atomic E-state index is 14.3. The normalized spacial score (nSPS) is 17.3. The highest BCUT2D eigenvalue weighted by atomic mass is 32.2. The summed E-state index contributed by atoms with van der Waals surface area (Å²) in [6.07, 6.45) is 5.96. The molecule has 2 heterocycles. The monoisotopic (exact) mass is 430 g/mol. The number of nitrogens with one attached hydrogen (secondary N) is 2. The highest BCUT2D eigenvalue weighted by Crippen LogP contribution is 2.48. The number of fused-ring (bicyclic) bond motifs is 1. The summed E-state index contributed by atoms with van der Waals surface area (Å²) in [5.74, 6) is 0.333. The number of halogens is 1. The SMILES string of the molecule is O=C(Nc1ccc2cnccc2c1)C1CC1c1ccc(F)c(SNc2ccccn2)c1. The zero-order valence-corrected chi connectivity index (χ0v) is 17.3. The van der Waals surface area contributed by atoms with Crippen molar-refractivity contribution in [3.05, 3.63) is 90.6 Å². The molecule has 2 unspecified atom stereocenters. The molecule has 4 aromatic rings. The van der Waals surface area contributed by atoms with E-state index in [0.29, 0.717) is 10.7 Å². The number of anilines is 2. The Hall–Kier alpha value is -3.45. The van der Waals surface area contributed by atoms with Gasteiger partial charge in [-0.3, -0.25) is 9.78 Å². The van der Waals surface area contributed by atoms with Crippen molar-refractivity contribution in [1.29, 1.82) is 0 Å². The minimum Gasteiger partial charge on any atom is -0.326 e. The van der Waals surface area contributed by atoms with Gasteiger partial charge in [0, 0.05) is 35.6 Å². The molecule has 1 aliphatic carbocycles. The fourth-order valence-electron chi connectivity index (χ4n) is 3.61. The number of hydrogen-bond donors (Lipinski definition) is 2. The molecule has 31 heavy (non-hydrogen) atoms. The summed E-state index contributed by atoms with van der Waals surface area (Å²) in [7, 11) is 0. The van der Waals surface area contributed by atoms with Crippen LogP contribution in [0.5, 0.6) is 0 Å². The number of carbonyl (C=O) groups is 1. The first-order valence-corrected chi connectivity index (χ1v) is 10.8. The van der Waals surface area contributed by atoms with E-state index in [9.17, 15) is 9.18 Å². The first-order chi connectivity index (χ1) is 15.2. The van der Waals surface area contributed by atoms with E-state index in [4.69, 9.17) is 0 Å². The third-order valence-corrected chi connectivity index (χ3v) is 6.19. The summed E-state index contributed by atoms with van der Waals surface area (Å²) in [6, 6.07) is 18.2. The van der Waals surface area contributed by atoms with Gasteiger partial charge in [0.2, 0.25) is 5.91 Å². The molecule has 5 nitrogen and oxygen atoms in total. The van der Waals surface area contributed by atoms with Crippen LogP contribution in [-0.4, -0.2) is 15.9 Å². The van der Waals surface area contributed by atoms with Crippen LogP contribution in [0.4, 0.5) is 15.9 Å². The topological polar surface area (TPSA) is 66.9 Å². The Labute approximate surface area is 183 Å². The third-order valence-electron chi connectivity index (χ3n) is 5.35. The number of nitrogens with zero attached hydrogens (tertiary/aromatic N) is 2. The molecule has 0 spiro atoms. The van der Waals surface area contributed by atoms with Gasteiger partial charge in [-0.2, -0.15) is 0 Å². The molecule has 1 aliphatic rings. The van der Waals surface area contributed by atoms with Crippen LogP contribution in [0.25, 0.3) is 10.8 Å². The first-order valence-electron chi connectivity index (χ1n) is 9.95. The number of rotatable bonds is 6. The molecule has 2 atom stereocenters. The van der Waals surface area contributed by atoms with E-state index in [-0.39, 0.29) is 23.6 Å². The first kappa shape index (κ1) is 19.5. The molecule has 0 saturated heterocycles. The molecule has 2 aromatic carbocycles. The van der Waals surface area contributed by atoms with Crippen LogP contribution < -0.4 is 10.0 Å². The smallest absolute Gasteiger partial charge is 0.228 e. The second kappa shape index (κ2) is 8.35. The Morgan fingerprint density at radius 1 is 1.03 bits per heavy atom. The van der Waals surface area contributed by atoms with Crippen LogP contribution in [0, 0.1) is 11.7 Å². The number of pyridine rings is 2. The number of benzene rings is 2. The second-order valence-corrected chi connectivity index (χ2v) is 8.33. The van der Waals surface area contributed by atoms with E-state index < -0.39 is 0 Å². The van der Waals surface area contributed by atoms with E-state index in [1.54, 1.807) is 24.7 Å². The molecule has 2 N–H and O–H groups in total. The van der Waals surface area contributed by atoms with Gasteiger partial charge in [0.05, 0.1) is 4.90 Å². The predicted molar refractivity (Wildman–Crippen MR) is 121 cm³/mol. The third kappa shape index (κ3) is 4.36. The van der Waals surface area contributed by atoms with Crippen LogP contribution in [0.3, 0.4) is 0 Å². The van der Waals surface area contributed by atoms with E-state index in [0.717, 1.165) is 28.4 Å². The maximum Gasteiger partial charge on any atom is 0.228 e. The van der Waals surface area contributed by atoms with Crippen LogP contribution in [0.1, 0.15) is 17.9 Å². The molecule has 0 radical (unpaired) electrons. The Morgan fingerprint density at radius 3 is 2.84 bits per heavy atom. The molecule has 7 heteroatoms. The van der Waals surface area contributed by atoms with Gasteiger partial charge in [-0.05, 0) is 77.7 Å². The molecule has 0 aliphatic heterocycles. The largest absolute Gasteiger partial charge is 0.326 e. The van der Waals surface area contributed by atoms with Crippen molar-refractivity contribution in [2.75, 3.05) is 10.0 Å². The van der Waals surface area contributed by atoms with Gasteiger partial charge < -0.3 is 10.0 Å². The molecule has 2 aromatic heterocycles. The highest BCUT2D eigenvalue weighted by molar-refractivity contribution is 8.00. The van der Waals surface area contributed by atoms with Crippen LogP contribution in [0.15, 0.2) is 84.1 Å². The highest BCUT2D eigenvalue weighted by Gasteiger charge is 2.44. The zero-order chi connectivity index (χ0) is 21.2. The number of carbonyl (C=O) groups excluding carboxylic acids is 1. The Morgan fingerprint density at radius 2 is 1.97 bits per heavy atom. The van der Waals surface area contributed by atoms with Gasteiger partial charge in [0.15, 0.2) is 0 Å². The van der Waals surface area contributed by atoms with Crippen molar-refractivity contribution in [2.24, 2.45) is 5.92 Å². The lowest BCUT2D eigenvalue weighted by Gasteiger charge is -2.09. The number of amides is 1.